The summed E-state index contributed by atoms with van der Waals surface area (Å²) >= 11 is 3.72. The Bertz CT molecular complexity index is 1400. The molecule has 6 rings (SSSR count). The molecule has 0 aliphatic carbocycles. The molecule has 2 heteroatoms. The van der Waals surface area contributed by atoms with Gasteiger partial charge >= 0.3 is 0 Å². The summed E-state index contributed by atoms with van der Waals surface area (Å²) in [6, 6.07) is 26.4. The molecule has 0 spiro atoms. The van der Waals surface area contributed by atoms with E-state index in [9.17, 15) is 0 Å². The summed E-state index contributed by atoms with van der Waals surface area (Å²) in [5.74, 6) is 0. The van der Waals surface area contributed by atoms with Crippen LogP contribution in [-0.4, -0.2) is 4.40 Å². The topological polar surface area (TPSA) is 4.41 Å². The molecule has 0 aliphatic rings. The van der Waals surface area contributed by atoms with Gasteiger partial charge in [0.2, 0.25) is 0 Å². The Kier molecular flexibility index (Phi) is 2.28. The van der Waals surface area contributed by atoms with Crippen LogP contribution in [-0.2, 0) is 0 Å². The maximum atomic E-state index is 3.72. The molecule has 0 bridgehead atoms. The number of aromatic nitrogens is 1. The van der Waals surface area contributed by atoms with Gasteiger partial charge in [0.25, 0.3) is 0 Å². The third-order valence-electron chi connectivity index (χ3n) is 5.15. The second kappa shape index (κ2) is 4.28. The number of nitrogens with zero attached hydrogens (tertiary/aromatic N) is 1. The molecule has 0 unspecified atom stereocenters. The van der Waals surface area contributed by atoms with Crippen LogP contribution in [0.4, 0.5) is 0 Å². The third kappa shape index (κ3) is 1.41. The summed E-state index contributed by atoms with van der Waals surface area (Å²) < 4.78 is 3.56. The number of halogens is 1. The SMILES string of the molecule is Brc1cc2c3cccc4cccc(c43)n3c4ccccc4c(c1)c23. The second-order valence-corrected chi connectivity index (χ2v) is 7.30. The van der Waals surface area contributed by atoms with Crippen LogP contribution in [0.15, 0.2) is 77.3 Å². The summed E-state index contributed by atoms with van der Waals surface area (Å²) in [5.41, 5.74) is 3.86. The van der Waals surface area contributed by atoms with E-state index in [2.05, 4.69) is 93.1 Å². The minimum absolute atomic E-state index is 1.13. The van der Waals surface area contributed by atoms with Crippen LogP contribution in [0.25, 0.3) is 48.9 Å². The minimum atomic E-state index is 1.13. The molecule has 0 saturated heterocycles. The molecule has 4 aromatic carbocycles. The highest BCUT2D eigenvalue weighted by molar-refractivity contribution is 9.10. The van der Waals surface area contributed by atoms with Crippen molar-refractivity contribution < 1.29 is 0 Å². The number of rotatable bonds is 0. The van der Waals surface area contributed by atoms with Crippen molar-refractivity contribution in [1.82, 2.24) is 4.40 Å². The smallest absolute Gasteiger partial charge is 0.0620 e. The molecule has 0 saturated carbocycles. The Hall–Kier alpha value is -2.58. The van der Waals surface area contributed by atoms with Gasteiger partial charge in [0, 0.05) is 26.0 Å². The number of hydrogen-bond acceptors (Lipinski definition) is 0. The Balaban J connectivity index is 2.16. The quantitative estimate of drug-likeness (QED) is 0.206. The van der Waals surface area contributed by atoms with Crippen molar-refractivity contribution in [2.45, 2.75) is 0 Å². The molecule has 0 atom stereocenters. The van der Waals surface area contributed by atoms with Crippen molar-refractivity contribution in [1.29, 1.82) is 0 Å². The zero-order chi connectivity index (χ0) is 15.8. The zero-order valence-electron chi connectivity index (χ0n) is 12.8. The molecular formula is C22H12BrN. The van der Waals surface area contributed by atoms with Crippen molar-refractivity contribution in [3.8, 4) is 0 Å². The predicted octanol–water partition coefficient (Wildman–Crippen LogP) is 6.75. The fraction of sp³-hybridized carbons (Fsp3) is 0. The number of pyridine rings is 1. The molecule has 2 heterocycles. The van der Waals surface area contributed by atoms with Crippen LogP contribution >= 0.6 is 15.9 Å². The van der Waals surface area contributed by atoms with Crippen molar-refractivity contribution >= 4 is 64.8 Å². The summed E-state index contributed by atoms with van der Waals surface area (Å²) in [4.78, 5) is 0. The van der Waals surface area contributed by atoms with Gasteiger partial charge in [0.05, 0.1) is 16.6 Å². The van der Waals surface area contributed by atoms with E-state index in [1.807, 2.05) is 0 Å². The monoisotopic (exact) mass is 369 g/mol. The molecule has 0 amide bonds. The Morgan fingerprint density at radius 3 is 2.17 bits per heavy atom. The van der Waals surface area contributed by atoms with Crippen molar-refractivity contribution in [3.05, 3.63) is 77.3 Å². The lowest BCUT2D eigenvalue weighted by Gasteiger charge is -2.13. The highest BCUT2D eigenvalue weighted by Crippen LogP contribution is 2.41. The highest BCUT2D eigenvalue weighted by Gasteiger charge is 2.17. The van der Waals surface area contributed by atoms with Gasteiger partial charge in [0.15, 0.2) is 0 Å². The highest BCUT2D eigenvalue weighted by atomic mass is 79.9. The second-order valence-electron chi connectivity index (χ2n) is 6.38. The first-order valence-electron chi connectivity index (χ1n) is 8.08. The maximum Gasteiger partial charge on any atom is 0.0620 e. The van der Waals surface area contributed by atoms with Gasteiger partial charge in [-0.05, 0) is 35.0 Å². The van der Waals surface area contributed by atoms with Gasteiger partial charge in [-0.3, -0.25) is 0 Å². The van der Waals surface area contributed by atoms with Gasteiger partial charge in [-0.25, -0.2) is 0 Å². The molecule has 6 aromatic rings. The summed E-state index contributed by atoms with van der Waals surface area (Å²) in [6.45, 7) is 0. The molecule has 0 N–H and O–H groups in total. The van der Waals surface area contributed by atoms with Gasteiger partial charge in [-0.2, -0.15) is 0 Å². The van der Waals surface area contributed by atoms with E-state index in [1.54, 1.807) is 0 Å². The Morgan fingerprint density at radius 2 is 1.29 bits per heavy atom. The minimum Gasteiger partial charge on any atom is -0.308 e. The van der Waals surface area contributed by atoms with Crippen LogP contribution in [0.3, 0.4) is 0 Å². The number of benzene rings is 4. The van der Waals surface area contributed by atoms with Crippen molar-refractivity contribution in [3.63, 3.8) is 0 Å². The molecule has 2 aromatic heterocycles. The molecule has 112 valence electrons. The zero-order valence-corrected chi connectivity index (χ0v) is 14.3. The maximum absolute atomic E-state index is 3.72. The van der Waals surface area contributed by atoms with Gasteiger partial charge in [-0.1, -0.05) is 64.5 Å². The van der Waals surface area contributed by atoms with E-state index < -0.39 is 0 Å². The number of hydrogen-bond donors (Lipinski definition) is 0. The van der Waals surface area contributed by atoms with Crippen molar-refractivity contribution in [2.75, 3.05) is 0 Å². The van der Waals surface area contributed by atoms with Crippen LogP contribution in [0.5, 0.6) is 0 Å². The molecule has 0 aliphatic heterocycles. The first-order valence-corrected chi connectivity index (χ1v) is 8.87. The van der Waals surface area contributed by atoms with E-state index in [0.29, 0.717) is 0 Å². The van der Waals surface area contributed by atoms with Crippen molar-refractivity contribution in [2.24, 2.45) is 0 Å². The van der Waals surface area contributed by atoms with Crippen LogP contribution in [0, 0.1) is 0 Å². The fourth-order valence-corrected chi connectivity index (χ4v) is 4.71. The fourth-order valence-electron chi connectivity index (χ4n) is 4.25. The molecule has 0 fully saturated rings. The average Bonchev–Trinajstić information content (AvgIpc) is 2.94. The summed E-state index contributed by atoms with van der Waals surface area (Å²) in [5, 5.41) is 7.88. The third-order valence-corrected chi connectivity index (χ3v) is 5.61. The normalized spacial score (nSPS) is 12.4. The van der Waals surface area contributed by atoms with Crippen LogP contribution in [0.1, 0.15) is 0 Å². The van der Waals surface area contributed by atoms with E-state index in [0.717, 1.165) is 4.47 Å². The van der Waals surface area contributed by atoms with E-state index >= 15 is 0 Å². The lowest BCUT2D eigenvalue weighted by atomic mass is 9.99. The standard InChI is InChI=1S/C22H12BrN/c23-14-11-17-15-7-1-2-9-19(15)24-20-10-4-6-13-5-3-8-16(21(13)20)18(12-14)22(17)24/h1-12H. The van der Waals surface area contributed by atoms with Gasteiger partial charge in [-0.15, -0.1) is 0 Å². The Labute approximate surface area is 146 Å². The van der Waals surface area contributed by atoms with Crippen LogP contribution in [0.2, 0.25) is 0 Å². The Morgan fingerprint density at radius 1 is 0.625 bits per heavy atom. The number of fused-ring (bicyclic) bond motifs is 5. The van der Waals surface area contributed by atoms with E-state index in [-0.39, 0.29) is 0 Å². The molecule has 0 radical (unpaired) electrons. The van der Waals surface area contributed by atoms with E-state index in [4.69, 9.17) is 0 Å². The molecular weight excluding hydrogens is 358 g/mol. The first kappa shape index (κ1) is 12.8. The van der Waals surface area contributed by atoms with E-state index in [1.165, 1.54) is 48.9 Å². The number of para-hydroxylation sites is 1. The van der Waals surface area contributed by atoms with Gasteiger partial charge in [0.1, 0.15) is 0 Å². The van der Waals surface area contributed by atoms with Crippen LogP contribution < -0.4 is 0 Å². The molecule has 1 nitrogen and oxygen atoms in total. The predicted molar refractivity (Wildman–Crippen MR) is 106 cm³/mol. The lowest BCUT2D eigenvalue weighted by molar-refractivity contribution is 1.35. The largest absolute Gasteiger partial charge is 0.308 e. The first-order chi connectivity index (χ1) is 11.8. The lowest BCUT2D eigenvalue weighted by Crippen LogP contribution is -1.92. The summed E-state index contributed by atoms with van der Waals surface area (Å²) in [7, 11) is 0. The average molecular weight is 370 g/mol. The summed E-state index contributed by atoms with van der Waals surface area (Å²) in [6.07, 6.45) is 0. The van der Waals surface area contributed by atoms with Gasteiger partial charge < -0.3 is 4.40 Å². The molecule has 24 heavy (non-hydrogen) atoms.